The lowest BCUT2D eigenvalue weighted by atomic mass is 10.0. The fraction of sp³-hybridized carbons (Fsp3) is 0.0667. The fourth-order valence-electron chi connectivity index (χ4n) is 2.34. The van der Waals surface area contributed by atoms with E-state index < -0.39 is 17.6 Å². The lowest BCUT2D eigenvalue weighted by molar-refractivity contribution is 0.0696. The number of benzene rings is 1. The zero-order valence-corrected chi connectivity index (χ0v) is 11.0. The minimum atomic E-state index is -1.09. The summed E-state index contributed by atoms with van der Waals surface area (Å²) in [5, 5.41) is 13.1. The predicted molar refractivity (Wildman–Crippen MR) is 72.2 cm³/mol. The zero-order chi connectivity index (χ0) is 15.1. The minimum absolute atomic E-state index is 0.0468. The van der Waals surface area contributed by atoms with Gasteiger partial charge >= 0.3 is 5.97 Å². The molecule has 106 valence electrons. The van der Waals surface area contributed by atoms with Crippen LogP contribution in [0.3, 0.4) is 0 Å². The van der Waals surface area contributed by atoms with Crippen molar-refractivity contribution in [1.82, 2.24) is 9.61 Å². The van der Waals surface area contributed by atoms with E-state index in [9.17, 15) is 13.6 Å². The molecule has 1 aromatic carbocycles. The van der Waals surface area contributed by atoms with E-state index in [4.69, 9.17) is 5.11 Å². The molecule has 0 aliphatic heterocycles. The lowest BCUT2D eigenvalue weighted by Gasteiger charge is -2.04. The van der Waals surface area contributed by atoms with Gasteiger partial charge in [0.25, 0.3) is 0 Å². The SMILES string of the molecule is Cc1nn2cc(C(=O)O)ccc2c1-c1c(F)cccc1F. The number of aryl methyl sites for hydroxylation is 1. The van der Waals surface area contributed by atoms with E-state index in [-0.39, 0.29) is 11.1 Å². The summed E-state index contributed by atoms with van der Waals surface area (Å²) in [6, 6.07) is 6.50. The number of hydrogen-bond acceptors (Lipinski definition) is 2. The maximum Gasteiger partial charge on any atom is 0.337 e. The largest absolute Gasteiger partial charge is 0.478 e. The highest BCUT2D eigenvalue weighted by Gasteiger charge is 2.19. The quantitative estimate of drug-likeness (QED) is 0.787. The molecular formula is C15H10F2N2O2. The van der Waals surface area contributed by atoms with Gasteiger partial charge in [-0.05, 0) is 31.2 Å². The molecule has 0 atom stereocenters. The van der Waals surface area contributed by atoms with E-state index >= 15 is 0 Å². The number of aromatic carboxylic acids is 1. The number of rotatable bonds is 2. The van der Waals surface area contributed by atoms with E-state index in [0.717, 1.165) is 0 Å². The van der Waals surface area contributed by atoms with Crippen molar-refractivity contribution in [3.05, 3.63) is 59.4 Å². The Bertz CT molecular complexity index is 851. The number of carbonyl (C=O) groups is 1. The highest BCUT2D eigenvalue weighted by Crippen LogP contribution is 2.32. The Kier molecular flexibility index (Phi) is 2.94. The van der Waals surface area contributed by atoms with Crippen molar-refractivity contribution in [2.75, 3.05) is 0 Å². The first-order chi connectivity index (χ1) is 9.99. The van der Waals surface area contributed by atoms with Crippen LogP contribution < -0.4 is 0 Å². The lowest BCUT2D eigenvalue weighted by Crippen LogP contribution is -1.99. The summed E-state index contributed by atoms with van der Waals surface area (Å²) in [4.78, 5) is 11.0. The molecule has 4 nitrogen and oxygen atoms in total. The molecule has 0 saturated heterocycles. The van der Waals surface area contributed by atoms with Crippen molar-refractivity contribution in [2.45, 2.75) is 6.92 Å². The van der Waals surface area contributed by atoms with Crippen molar-refractivity contribution in [3.8, 4) is 11.1 Å². The Morgan fingerprint density at radius 2 is 1.81 bits per heavy atom. The average Bonchev–Trinajstić information content (AvgIpc) is 2.74. The topological polar surface area (TPSA) is 54.6 Å². The van der Waals surface area contributed by atoms with Gasteiger partial charge in [0.15, 0.2) is 0 Å². The van der Waals surface area contributed by atoms with Crippen molar-refractivity contribution in [2.24, 2.45) is 0 Å². The van der Waals surface area contributed by atoms with Crippen molar-refractivity contribution < 1.29 is 18.7 Å². The van der Waals surface area contributed by atoms with Gasteiger partial charge in [-0.15, -0.1) is 0 Å². The summed E-state index contributed by atoms with van der Waals surface area (Å²) < 4.78 is 29.2. The molecule has 1 N–H and O–H groups in total. The zero-order valence-electron chi connectivity index (χ0n) is 11.0. The number of hydrogen-bond donors (Lipinski definition) is 1. The minimum Gasteiger partial charge on any atom is -0.478 e. The predicted octanol–water partition coefficient (Wildman–Crippen LogP) is 3.29. The Labute approximate surface area is 118 Å². The maximum atomic E-state index is 14.0. The Hall–Kier alpha value is -2.76. The number of halogens is 2. The number of nitrogens with zero attached hydrogens (tertiary/aromatic N) is 2. The molecule has 0 fully saturated rings. The van der Waals surface area contributed by atoms with Gasteiger partial charge in [-0.25, -0.2) is 18.1 Å². The molecule has 0 saturated carbocycles. The second kappa shape index (κ2) is 4.66. The third-order valence-corrected chi connectivity index (χ3v) is 3.26. The normalized spacial score (nSPS) is 11.0. The number of pyridine rings is 1. The first-order valence-corrected chi connectivity index (χ1v) is 6.15. The molecule has 2 aromatic heterocycles. The Morgan fingerprint density at radius 3 is 2.43 bits per heavy atom. The van der Waals surface area contributed by atoms with E-state index in [1.165, 1.54) is 41.0 Å². The van der Waals surface area contributed by atoms with Gasteiger partial charge in [-0.1, -0.05) is 6.07 Å². The van der Waals surface area contributed by atoms with Gasteiger partial charge in [0.2, 0.25) is 0 Å². The molecule has 0 unspecified atom stereocenters. The molecule has 0 aliphatic rings. The van der Waals surface area contributed by atoms with E-state index in [1.54, 1.807) is 6.92 Å². The molecule has 0 bridgehead atoms. The standard InChI is InChI=1S/C15H10F2N2O2/c1-8-13(14-10(16)3-2-4-11(14)17)12-6-5-9(15(20)21)7-19(12)18-8/h2-7H,1H3,(H,20,21). The highest BCUT2D eigenvalue weighted by molar-refractivity contribution is 5.89. The molecule has 0 amide bonds. The molecule has 0 radical (unpaired) electrons. The van der Waals surface area contributed by atoms with Crippen LogP contribution in [0.1, 0.15) is 16.1 Å². The second-order valence-electron chi connectivity index (χ2n) is 4.61. The van der Waals surface area contributed by atoms with Gasteiger partial charge in [-0.3, -0.25) is 0 Å². The van der Waals surface area contributed by atoms with Crippen LogP contribution in [0.15, 0.2) is 36.5 Å². The fourth-order valence-corrected chi connectivity index (χ4v) is 2.34. The summed E-state index contributed by atoms with van der Waals surface area (Å²) >= 11 is 0. The molecule has 6 heteroatoms. The number of aromatic nitrogens is 2. The van der Waals surface area contributed by atoms with Gasteiger partial charge in [-0.2, -0.15) is 5.10 Å². The summed E-state index contributed by atoms with van der Waals surface area (Å²) in [6.07, 6.45) is 1.31. The van der Waals surface area contributed by atoms with Crippen LogP contribution in [-0.4, -0.2) is 20.7 Å². The van der Waals surface area contributed by atoms with Crippen LogP contribution in [0, 0.1) is 18.6 Å². The van der Waals surface area contributed by atoms with E-state index in [1.807, 2.05) is 0 Å². The maximum absolute atomic E-state index is 14.0. The molecule has 3 aromatic rings. The molecular weight excluding hydrogens is 278 g/mol. The highest BCUT2D eigenvalue weighted by atomic mass is 19.1. The molecule has 3 rings (SSSR count). The first kappa shape index (κ1) is 13.2. The monoisotopic (exact) mass is 288 g/mol. The summed E-state index contributed by atoms with van der Waals surface area (Å²) in [5.74, 6) is -2.46. The van der Waals surface area contributed by atoms with Crippen molar-refractivity contribution in [1.29, 1.82) is 0 Å². The van der Waals surface area contributed by atoms with Gasteiger partial charge in [0.1, 0.15) is 11.6 Å². The first-order valence-electron chi connectivity index (χ1n) is 6.15. The summed E-state index contributed by atoms with van der Waals surface area (Å²) in [5.41, 5.74) is 1.07. The molecule has 0 spiro atoms. The number of carboxylic acids is 1. The summed E-state index contributed by atoms with van der Waals surface area (Å²) in [6.45, 7) is 1.62. The average molecular weight is 288 g/mol. The van der Waals surface area contributed by atoms with Gasteiger partial charge < -0.3 is 5.11 Å². The molecule has 0 aliphatic carbocycles. The molecule has 2 heterocycles. The third kappa shape index (κ3) is 2.05. The Morgan fingerprint density at radius 1 is 1.14 bits per heavy atom. The Balaban J connectivity index is 2.33. The van der Waals surface area contributed by atoms with Crippen LogP contribution in [0.5, 0.6) is 0 Å². The van der Waals surface area contributed by atoms with Crippen LogP contribution in [-0.2, 0) is 0 Å². The van der Waals surface area contributed by atoms with E-state index in [0.29, 0.717) is 16.8 Å². The van der Waals surface area contributed by atoms with Crippen molar-refractivity contribution >= 4 is 11.5 Å². The third-order valence-electron chi connectivity index (χ3n) is 3.26. The molecule has 21 heavy (non-hydrogen) atoms. The number of carboxylic acid groups (broad SMARTS) is 1. The van der Waals surface area contributed by atoms with Gasteiger partial charge in [0, 0.05) is 11.8 Å². The van der Waals surface area contributed by atoms with Crippen LogP contribution in [0.4, 0.5) is 8.78 Å². The van der Waals surface area contributed by atoms with Crippen LogP contribution in [0.2, 0.25) is 0 Å². The van der Waals surface area contributed by atoms with E-state index in [2.05, 4.69) is 5.10 Å². The van der Waals surface area contributed by atoms with Crippen molar-refractivity contribution in [3.63, 3.8) is 0 Å². The van der Waals surface area contributed by atoms with Gasteiger partial charge in [0.05, 0.1) is 22.3 Å². The van der Waals surface area contributed by atoms with Crippen LogP contribution in [0.25, 0.3) is 16.6 Å². The second-order valence-corrected chi connectivity index (χ2v) is 4.61. The van der Waals surface area contributed by atoms with Crippen LogP contribution >= 0.6 is 0 Å². The summed E-state index contributed by atoms with van der Waals surface area (Å²) in [7, 11) is 0. The smallest absolute Gasteiger partial charge is 0.337 e. The number of fused-ring (bicyclic) bond motifs is 1.